The molecule has 5 rings (SSSR count). The smallest absolute Gasteiger partial charge is 0.225 e. The molecule has 1 N–H and O–H groups in total. The number of rotatable bonds is 5. The first-order valence-electron chi connectivity index (χ1n) is 10.9. The van der Waals surface area contributed by atoms with Crippen LogP contribution >= 0.6 is 0 Å². The molecule has 2 atom stereocenters. The Balaban J connectivity index is 1.38. The summed E-state index contributed by atoms with van der Waals surface area (Å²) in [6.07, 6.45) is 15.2. The molecular weight excluding hydrogens is 364 g/mol. The van der Waals surface area contributed by atoms with Crippen LogP contribution in [0.2, 0.25) is 0 Å². The van der Waals surface area contributed by atoms with Crippen molar-refractivity contribution < 1.29 is 4.79 Å². The SMILES string of the molecule is O=C(C[C@H]1C=CCC1)N1CCC[C@@H]1c1[nH]ncc1-c1ccnc(N2CCCC2)n1. The van der Waals surface area contributed by atoms with Crippen LogP contribution < -0.4 is 4.90 Å². The number of likely N-dealkylation sites (tertiary alicyclic amines) is 1. The Morgan fingerprint density at radius 3 is 2.90 bits per heavy atom. The maximum Gasteiger partial charge on any atom is 0.225 e. The second-order valence-corrected chi connectivity index (χ2v) is 8.35. The quantitative estimate of drug-likeness (QED) is 0.788. The molecule has 7 heteroatoms. The number of carbonyl (C=O) groups is 1. The molecule has 2 aromatic heterocycles. The average Bonchev–Trinajstić information content (AvgIpc) is 3.55. The summed E-state index contributed by atoms with van der Waals surface area (Å²) >= 11 is 0. The molecule has 0 unspecified atom stereocenters. The number of nitrogens with one attached hydrogen (secondary N) is 1. The van der Waals surface area contributed by atoms with Gasteiger partial charge >= 0.3 is 0 Å². The number of hydrogen-bond donors (Lipinski definition) is 1. The first-order valence-corrected chi connectivity index (χ1v) is 10.9. The fraction of sp³-hybridized carbons (Fsp3) is 0.545. The number of allylic oxidation sites excluding steroid dienone is 2. The van der Waals surface area contributed by atoms with Crippen molar-refractivity contribution >= 4 is 11.9 Å². The summed E-state index contributed by atoms with van der Waals surface area (Å²) in [7, 11) is 0. The molecule has 1 aliphatic carbocycles. The van der Waals surface area contributed by atoms with Gasteiger partial charge in [-0.2, -0.15) is 5.10 Å². The highest BCUT2D eigenvalue weighted by Crippen LogP contribution is 2.37. The Hall–Kier alpha value is -2.70. The minimum atomic E-state index is 0.0515. The molecule has 2 aromatic rings. The third kappa shape index (κ3) is 3.66. The van der Waals surface area contributed by atoms with Gasteiger partial charge in [-0.15, -0.1) is 0 Å². The zero-order valence-corrected chi connectivity index (χ0v) is 16.8. The van der Waals surface area contributed by atoms with E-state index in [1.165, 1.54) is 12.8 Å². The average molecular weight is 393 g/mol. The Bertz CT molecular complexity index is 900. The monoisotopic (exact) mass is 392 g/mol. The standard InChI is InChI=1S/C22H28N6O/c29-20(14-16-6-1-2-7-16)28-13-5-8-19(28)21-17(15-24-26-21)18-9-10-23-22(25-18)27-11-3-4-12-27/h1,6,9-10,15-16,19H,2-5,7-8,11-14H2,(H,24,26)/t16-,19+/m0/s1. The maximum atomic E-state index is 13.0. The van der Waals surface area contributed by atoms with Crippen LogP contribution in [0.5, 0.6) is 0 Å². The van der Waals surface area contributed by atoms with Gasteiger partial charge in [0.15, 0.2) is 0 Å². The molecule has 7 nitrogen and oxygen atoms in total. The van der Waals surface area contributed by atoms with Crippen LogP contribution in [-0.4, -0.2) is 50.6 Å². The second-order valence-electron chi connectivity index (χ2n) is 8.35. The molecule has 4 heterocycles. The van der Waals surface area contributed by atoms with Gasteiger partial charge in [0.2, 0.25) is 11.9 Å². The van der Waals surface area contributed by atoms with Gasteiger partial charge in [0.05, 0.1) is 23.6 Å². The third-order valence-electron chi connectivity index (χ3n) is 6.43. The summed E-state index contributed by atoms with van der Waals surface area (Å²) in [5.74, 6) is 1.44. The highest BCUT2D eigenvalue weighted by atomic mass is 16.2. The topological polar surface area (TPSA) is 78.0 Å². The zero-order chi connectivity index (χ0) is 19.6. The van der Waals surface area contributed by atoms with Crippen LogP contribution in [0.15, 0.2) is 30.6 Å². The molecule has 0 aromatic carbocycles. The van der Waals surface area contributed by atoms with Gasteiger partial charge in [-0.25, -0.2) is 9.97 Å². The molecule has 152 valence electrons. The predicted molar refractivity (Wildman–Crippen MR) is 111 cm³/mol. The minimum Gasteiger partial charge on any atom is -0.341 e. The normalized spacial score (nSPS) is 24.0. The molecule has 29 heavy (non-hydrogen) atoms. The van der Waals surface area contributed by atoms with Crippen molar-refractivity contribution in [2.24, 2.45) is 5.92 Å². The summed E-state index contributed by atoms with van der Waals surface area (Å²) in [6, 6.07) is 1.99. The lowest BCUT2D eigenvalue weighted by atomic mass is 10.0. The van der Waals surface area contributed by atoms with Crippen molar-refractivity contribution in [3.8, 4) is 11.3 Å². The van der Waals surface area contributed by atoms with E-state index in [2.05, 4.69) is 32.2 Å². The fourth-order valence-electron chi connectivity index (χ4n) is 4.89. The van der Waals surface area contributed by atoms with Gasteiger partial charge in [-0.05, 0) is 50.5 Å². The fourth-order valence-corrected chi connectivity index (χ4v) is 4.89. The van der Waals surface area contributed by atoms with Crippen LogP contribution in [0.1, 0.15) is 56.7 Å². The summed E-state index contributed by atoms with van der Waals surface area (Å²) in [6.45, 7) is 2.85. The number of amides is 1. The molecule has 0 radical (unpaired) electrons. The number of hydrogen-bond acceptors (Lipinski definition) is 5. The number of carbonyl (C=O) groups excluding carboxylic acids is 1. The molecule has 0 spiro atoms. The van der Waals surface area contributed by atoms with Crippen LogP contribution in [0.4, 0.5) is 5.95 Å². The van der Waals surface area contributed by atoms with Gasteiger partial charge in [-0.1, -0.05) is 12.2 Å². The number of aromatic amines is 1. The van der Waals surface area contributed by atoms with Crippen molar-refractivity contribution in [2.75, 3.05) is 24.5 Å². The summed E-state index contributed by atoms with van der Waals surface area (Å²) in [4.78, 5) is 26.6. The molecule has 0 bridgehead atoms. The Labute approximate surface area is 171 Å². The van der Waals surface area contributed by atoms with Crippen molar-refractivity contribution in [3.05, 3.63) is 36.3 Å². The Morgan fingerprint density at radius 1 is 1.17 bits per heavy atom. The van der Waals surface area contributed by atoms with Crippen LogP contribution in [-0.2, 0) is 4.79 Å². The van der Waals surface area contributed by atoms with E-state index in [1.807, 2.05) is 23.4 Å². The summed E-state index contributed by atoms with van der Waals surface area (Å²) < 4.78 is 0. The lowest BCUT2D eigenvalue weighted by molar-refractivity contribution is -0.132. The molecule has 2 fully saturated rings. The minimum absolute atomic E-state index is 0.0515. The van der Waals surface area contributed by atoms with Gasteiger partial charge < -0.3 is 9.80 Å². The van der Waals surface area contributed by atoms with Crippen molar-refractivity contribution in [1.82, 2.24) is 25.1 Å². The summed E-state index contributed by atoms with van der Waals surface area (Å²) in [5.41, 5.74) is 2.87. The number of H-pyrrole nitrogens is 1. The zero-order valence-electron chi connectivity index (χ0n) is 16.8. The van der Waals surface area contributed by atoms with E-state index in [1.54, 1.807) is 0 Å². The maximum absolute atomic E-state index is 13.0. The van der Waals surface area contributed by atoms with Crippen LogP contribution in [0.3, 0.4) is 0 Å². The van der Waals surface area contributed by atoms with Crippen LogP contribution in [0, 0.1) is 5.92 Å². The number of nitrogens with zero attached hydrogens (tertiary/aromatic N) is 5. The molecule has 2 saturated heterocycles. The molecule has 0 saturated carbocycles. The highest BCUT2D eigenvalue weighted by Gasteiger charge is 2.34. The predicted octanol–water partition coefficient (Wildman–Crippen LogP) is 3.49. The first-order chi connectivity index (χ1) is 14.3. The molecule has 2 aliphatic heterocycles. The second kappa shape index (κ2) is 7.97. The van der Waals surface area contributed by atoms with E-state index >= 15 is 0 Å². The van der Waals surface area contributed by atoms with E-state index in [4.69, 9.17) is 4.98 Å². The van der Waals surface area contributed by atoms with Gasteiger partial charge in [0.25, 0.3) is 0 Å². The third-order valence-corrected chi connectivity index (χ3v) is 6.43. The largest absolute Gasteiger partial charge is 0.341 e. The number of anilines is 1. The molecule has 1 amide bonds. The van der Waals surface area contributed by atoms with E-state index in [-0.39, 0.29) is 11.9 Å². The van der Waals surface area contributed by atoms with Gasteiger partial charge in [-0.3, -0.25) is 9.89 Å². The molecule has 3 aliphatic rings. The van der Waals surface area contributed by atoms with Crippen molar-refractivity contribution in [3.63, 3.8) is 0 Å². The lowest BCUT2D eigenvalue weighted by Crippen LogP contribution is -2.32. The van der Waals surface area contributed by atoms with E-state index < -0.39 is 0 Å². The van der Waals surface area contributed by atoms with E-state index in [0.29, 0.717) is 12.3 Å². The van der Waals surface area contributed by atoms with E-state index in [9.17, 15) is 4.79 Å². The van der Waals surface area contributed by atoms with Crippen LogP contribution in [0.25, 0.3) is 11.3 Å². The Kier molecular flexibility index (Phi) is 5.04. The van der Waals surface area contributed by atoms with Crippen molar-refractivity contribution in [2.45, 2.75) is 51.0 Å². The van der Waals surface area contributed by atoms with Gasteiger partial charge in [0.1, 0.15) is 0 Å². The molecular formula is C22H28N6O. The highest BCUT2D eigenvalue weighted by molar-refractivity contribution is 5.78. The number of aromatic nitrogens is 4. The summed E-state index contributed by atoms with van der Waals surface area (Å²) in [5, 5.41) is 7.50. The van der Waals surface area contributed by atoms with Crippen molar-refractivity contribution in [1.29, 1.82) is 0 Å². The lowest BCUT2D eigenvalue weighted by Gasteiger charge is -2.26. The van der Waals surface area contributed by atoms with E-state index in [0.717, 1.165) is 68.2 Å². The first kappa shape index (κ1) is 18.3. The van der Waals surface area contributed by atoms with Gasteiger partial charge in [0, 0.05) is 37.8 Å². The Morgan fingerprint density at radius 2 is 2.07 bits per heavy atom.